The van der Waals surface area contributed by atoms with Gasteiger partial charge in [0.1, 0.15) is 54.5 Å². The fraction of sp³-hybridized carbons (Fsp3) is 0.622. The normalized spacial score (nSPS) is 17.3. The Hall–Kier alpha value is -7.88. The zero-order chi connectivity index (χ0) is 71.5. The molecule has 0 unspecified atom stereocenters. The Kier molecular flexibility index (Phi) is 29.5. The molecule has 0 spiro atoms. The van der Waals surface area contributed by atoms with E-state index in [9.17, 15) is 38.7 Å². The standard InChI is InChI=1S/C74H110N8O14/c1-18-49(8)58(77-63(83)56-40-31-41-82(56)67(87)57(44-51-34-25-20-26-35-51)78(14)65(85)55(43-50-32-23-19-24-33-50)76-72(92)96-73(9,10)11)68(88)79(15)59(47(4)5)64(84)75-54(42-46(2)3)66(86)81(17)62(74(12,13)93)71(91)95-61(53-38-29-22-30-39-53)69(89)80(16)60(48(6)7)70(90)94-45-52-36-27-21-28-37-52/h19-21,23-28,32-37,46-49,53-62,93H,18,22,29-31,38-45H2,1-17H3,(H,75,84)(H,76,92)(H,77,83)/t49-,54+,55+,56+,57+,58+,59+,60+,61-,62-/m1/s1. The van der Waals surface area contributed by atoms with E-state index >= 15 is 14.4 Å². The van der Waals surface area contributed by atoms with Crippen LogP contribution in [-0.2, 0) is 76.8 Å². The second-order valence-corrected chi connectivity index (χ2v) is 28.9. The number of rotatable bonds is 31. The van der Waals surface area contributed by atoms with Gasteiger partial charge in [0.25, 0.3) is 5.91 Å². The van der Waals surface area contributed by atoms with Gasteiger partial charge in [-0.2, -0.15) is 0 Å². The van der Waals surface area contributed by atoms with E-state index in [1.54, 1.807) is 55.4 Å². The third-order valence-corrected chi connectivity index (χ3v) is 18.3. The maximum absolute atomic E-state index is 15.2. The maximum atomic E-state index is 15.2. The van der Waals surface area contributed by atoms with Crippen LogP contribution in [0.5, 0.6) is 0 Å². The Bertz CT molecular complexity index is 3070. The predicted molar refractivity (Wildman–Crippen MR) is 366 cm³/mol. The van der Waals surface area contributed by atoms with Crippen molar-refractivity contribution >= 4 is 59.4 Å². The fourth-order valence-corrected chi connectivity index (χ4v) is 13.1. The smallest absolute Gasteiger partial charge is 0.408 e. The second-order valence-electron chi connectivity index (χ2n) is 28.9. The number of esters is 2. The molecule has 10 atom stereocenters. The van der Waals surface area contributed by atoms with Crippen molar-refractivity contribution in [1.82, 2.24) is 40.4 Å². The third-order valence-electron chi connectivity index (χ3n) is 18.3. The summed E-state index contributed by atoms with van der Waals surface area (Å²) >= 11 is 0. The van der Waals surface area contributed by atoms with Gasteiger partial charge in [-0.1, -0.05) is 172 Å². The minimum absolute atomic E-state index is 0.0171. The number of likely N-dealkylation sites (N-methyl/N-ethyl adjacent to an activating group) is 4. The zero-order valence-corrected chi connectivity index (χ0v) is 59.9. The van der Waals surface area contributed by atoms with Crippen LogP contribution < -0.4 is 16.0 Å². The molecule has 5 rings (SSSR count). The van der Waals surface area contributed by atoms with E-state index in [-0.39, 0.29) is 44.8 Å². The van der Waals surface area contributed by atoms with Crippen LogP contribution in [0.25, 0.3) is 0 Å². The molecule has 1 saturated carbocycles. The number of benzene rings is 3. The number of carbonyl (C=O) groups excluding carboxylic acids is 10. The lowest BCUT2D eigenvalue weighted by molar-refractivity contribution is -0.179. The Morgan fingerprint density at radius 1 is 0.583 bits per heavy atom. The monoisotopic (exact) mass is 1330 g/mol. The van der Waals surface area contributed by atoms with E-state index in [1.165, 1.54) is 61.6 Å². The summed E-state index contributed by atoms with van der Waals surface area (Å²) < 4.78 is 17.5. The topological polar surface area (TPSA) is 271 Å². The number of hydrogen-bond donors (Lipinski definition) is 4. The van der Waals surface area contributed by atoms with Crippen LogP contribution in [0.15, 0.2) is 91.0 Å². The zero-order valence-electron chi connectivity index (χ0n) is 59.9. The molecule has 2 fully saturated rings. The molecule has 96 heavy (non-hydrogen) atoms. The summed E-state index contributed by atoms with van der Waals surface area (Å²) in [7, 11) is 5.75. The highest BCUT2D eigenvalue weighted by Crippen LogP contribution is 2.32. The Morgan fingerprint density at radius 3 is 1.61 bits per heavy atom. The van der Waals surface area contributed by atoms with Gasteiger partial charge >= 0.3 is 18.0 Å². The van der Waals surface area contributed by atoms with Crippen molar-refractivity contribution in [2.24, 2.45) is 29.6 Å². The molecule has 8 amide bonds. The number of aliphatic hydroxyl groups is 1. The second kappa shape index (κ2) is 35.9. The lowest BCUT2D eigenvalue weighted by Gasteiger charge is -2.40. The molecular weight excluding hydrogens is 1220 g/mol. The van der Waals surface area contributed by atoms with Crippen molar-refractivity contribution in [1.29, 1.82) is 0 Å². The average molecular weight is 1340 g/mol. The summed E-state index contributed by atoms with van der Waals surface area (Å²) in [4.78, 5) is 153. The van der Waals surface area contributed by atoms with E-state index in [0.717, 1.165) is 40.9 Å². The van der Waals surface area contributed by atoms with Crippen LogP contribution in [-0.4, -0.2) is 189 Å². The molecule has 3 aromatic rings. The van der Waals surface area contributed by atoms with E-state index < -0.39 is 149 Å². The summed E-state index contributed by atoms with van der Waals surface area (Å²) in [6, 6.07) is 17.6. The van der Waals surface area contributed by atoms with E-state index in [4.69, 9.17) is 14.2 Å². The third kappa shape index (κ3) is 22.1. The molecule has 22 heteroatoms. The SMILES string of the molecule is CC[C@@H](C)[C@H](NC(=O)[C@@H]1CCCN1C(=O)[C@H](Cc1ccccc1)N(C)C(=O)[C@H](Cc1ccccc1)NC(=O)OC(C)(C)C)C(=O)N(C)[C@H](C(=O)N[C@@H](CC(C)C)C(=O)N(C)[C@H](C(=O)O[C@@H](C(=O)N(C)[C@H](C(=O)OCc1ccccc1)C(C)C)C1CCCCC1)C(C)(C)O)C(C)C. The Morgan fingerprint density at radius 2 is 1.10 bits per heavy atom. The van der Waals surface area contributed by atoms with Crippen LogP contribution in [0.1, 0.15) is 164 Å². The molecule has 0 bridgehead atoms. The summed E-state index contributed by atoms with van der Waals surface area (Å²) in [6.45, 7) is 22.3. The molecule has 530 valence electrons. The first-order valence-electron chi connectivity index (χ1n) is 34.3. The van der Waals surface area contributed by atoms with Crippen LogP contribution >= 0.6 is 0 Å². The molecule has 1 saturated heterocycles. The lowest BCUT2D eigenvalue weighted by Crippen LogP contribution is -2.63. The number of likely N-dealkylation sites (tertiary alicyclic amines) is 1. The first kappa shape index (κ1) is 78.8. The number of ether oxygens (including phenoxy) is 3. The molecule has 1 aliphatic carbocycles. The maximum Gasteiger partial charge on any atom is 0.408 e. The number of carbonyl (C=O) groups is 10. The molecule has 1 aliphatic heterocycles. The van der Waals surface area contributed by atoms with E-state index in [1.807, 2.05) is 112 Å². The summed E-state index contributed by atoms with van der Waals surface area (Å²) in [5, 5.41) is 20.4. The quantitative estimate of drug-likeness (QED) is 0.0351. The van der Waals surface area contributed by atoms with Gasteiger partial charge in [-0.3, -0.25) is 33.6 Å². The van der Waals surface area contributed by atoms with Crippen LogP contribution in [0, 0.1) is 29.6 Å². The number of nitrogens with one attached hydrogen (secondary N) is 3. The van der Waals surface area contributed by atoms with Gasteiger partial charge in [-0.15, -0.1) is 0 Å². The Labute approximate surface area is 569 Å². The van der Waals surface area contributed by atoms with Gasteiger partial charge in [0.15, 0.2) is 12.1 Å². The molecule has 1 heterocycles. The van der Waals surface area contributed by atoms with Crippen molar-refractivity contribution in [2.75, 3.05) is 34.7 Å². The van der Waals surface area contributed by atoms with Crippen molar-refractivity contribution in [3.8, 4) is 0 Å². The van der Waals surface area contributed by atoms with E-state index in [0.29, 0.717) is 25.7 Å². The van der Waals surface area contributed by atoms with Gasteiger partial charge in [-0.25, -0.2) is 14.4 Å². The number of alkyl carbamates (subject to hydrolysis) is 1. The van der Waals surface area contributed by atoms with Gasteiger partial charge in [0.2, 0.25) is 35.4 Å². The largest absolute Gasteiger partial charge is 0.459 e. The van der Waals surface area contributed by atoms with E-state index in [2.05, 4.69) is 16.0 Å². The van der Waals surface area contributed by atoms with Gasteiger partial charge < -0.3 is 59.8 Å². The first-order valence-corrected chi connectivity index (χ1v) is 34.3. The molecule has 22 nitrogen and oxygen atoms in total. The lowest BCUT2D eigenvalue weighted by atomic mass is 9.84. The van der Waals surface area contributed by atoms with Crippen LogP contribution in [0.3, 0.4) is 0 Å². The summed E-state index contributed by atoms with van der Waals surface area (Å²) in [5.74, 6) is -8.22. The highest BCUT2D eigenvalue weighted by atomic mass is 16.6. The number of amides is 8. The van der Waals surface area contributed by atoms with Crippen LogP contribution in [0.2, 0.25) is 0 Å². The minimum atomic E-state index is -1.97. The van der Waals surface area contributed by atoms with Crippen molar-refractivity contribution in [3.05, 3.63) is 108 Å². The van der Waals surface area contributed by atoms with Gasteiger partial charge in [-0.05, 0) is 107 Å². The first-order chi connectivity index (χ1) is 45.1. The van der Waals surface area contributed by atoms with Crippen molar-refractivity contribution in [2.45, 2.75) is 233 Å². The fourth-order valence-electron chi connectivity index (χ4n) is 13.1. The summed E-state index contributed by atoms with van der Waals surface area (Å²) in [5.41, 5.74) is -0.587. The molecular formula is C74H110N8O14. The molecule has 0 radical (unpaired) electrons. The van der Waals surface area contributed by atoms with Gasteiger partial charge in [0.05, 0.1) is 5.60 Å². The number of hydrogen-bond acceptors (Lipinski definition) is 14. The molecule has 3 aromatic carbocycles. The number of nitrogens with zero attached hydrogens (tertiary/aromatic N) is 5. The predicted octanol–water partition coefficient (Wildman–Crippen LogP) is 8.04. The molecule has 2 aliphatic rings. The van der Waals surface area contributed by atoms with Crippen molar-refractivity contribution < 1.29 is 67.3 Å². The average Bonchev–Trinajstić information content (AvgIpc) is 1.69. The summed E-state index contributed by atoms with van der Waals surface area (Å²) in [6.07, 6.45) is 2.62. The highest BCUT2D eigenvalue weighted by Gasteiger charge is 2.48. The molecule has 0 aromatic heterocycles. The van der Waals surface area contributed by atoms with Crippen LogP contribution in [0.4, 0.5) is 4.79 Å². The Balaban J connectivity index is 1.38. The van der Waals surface area contributed by atoms with Gasteiger partial charge in [0, 0.05) is 53.5 Å². The molecule has 4 N–H and O–H groups in total. The minimum Gasteiger partial charge on any atom is -0.459 e. The highest BCUT2D eigenvalue weighted by molar-refractivity contribution is 5.98. The van der Waals surface area contributed by atoms with Crippen molar-refractivity contribution in [3.63, 3.8) is 0 Å².